The summed E-state index contributed by atoms with van der Waals surface area (Å²) < 4.78 is 0. The van der Waals surface area contributed by atoms with Crippen molar-refractivity contribution < 1.29 is 0 Å². The van der Waals surface area contributed by atoms with Gasteiger partial charge in [-0.05, 0) is 68.7 Å². The van der Waals surface area contributed by atoms with E-state index in [4.69, 9.17) is 5.73 Å². The number of aryl methyl sites for hydroxylation is 1. The third kappa shape index (κ3) is 8.27. The van der Waals surface area contributed by atoms with Crippen molar-refractivity contribution in [1.29, 1.82) is 0 Å². The monoisotopic (exact) mass is 438 g/mol. The van der Waals surface area contributed by atoms with Gasteiger partial charge in [-0.1, -0.05) is 65.0 Å². The van der Waals surface area contributed by atoms with Crippen molar-refractivity contribution in [3.05, 3.63) is 29.8 Å². The maximum atomic E-state index is 6.09. The summed E-state index contributed by atoms with van der Waals surface area (Å²) in [6, 6.07) is 8.69. The Morgan fingerprint density at radius 2 is 1.91 bits per heavy atom. The molecule has 1 aromatic carbocycles. The number of unbranched alkanes of at least 4 members (excludes halogenated alkanes) is 4. The molecule has 1 aliphatic carbocycles. The molecule has 0 saturated heterocycles. The first kappa shape index (κ1) is 24.8. The van der Waals surface area contributed by atoms with Gasteiger partial charge in [0.1, 0.15) is 5.82 Å². The summed E-state index contributed by atoms with van der Waals surface area (Å²) in [4.78, 5) is 7.14. The van der Waals surface area contributed by atoms with E-state index in [1.807, 2.05) is 6.07 Å². The minimum atomic E-state index is 0.458. The summed E-state index contributed by atoms with van der Waals surface area (Å²) in [6.07, 6.45) is 12.9. The number of hydrogen-bond donors (Lipinski definition) is 2. The highest BCUT2D eigenvalue weighted by atomic mass is 15.1. The minimum absolute atomic E-state index is 0.458. The predicted molar refractivity (Wildman–Crippen MR) is 140 cm³/mol. The molecule has 1 heterocycles. The standard InChI is InChI=1S/C28H46N4/c1-5-6-9-16-30-25-19-27(29)31-26-18-22(14-15-24(25)26)11-8-7-10-17-32(4)21-28(2,3)20-23-12-13-23/h14-15,18-19,23H,5-13,16-17,20-21H2,1-4H3,(H3,29,30,31). The Bertz CT molecular complexity index is 841. The second-order valence-corrected chi connectivity index (χ2v) is 10.9. The van der Waals surface area contributed by atoms with Gasteiger partial charge >= 0.3 is 0 Å². The number of fused-ring (bicyclic) bond motifs is 1. The van der Waals surface area contributed by atoms with E-state index in [9.17, 15) is 0 Å². The summed E-state index contributed by atoms with van der Waals surface area (Å²) in [6.45, 7) is 10.5. The van der Waals surface area contributed by atoms with Crippen LogP contribution in [-0.4, -0.2) is 36.6 Å². The van der Waals surface area contributed by atoms with Gasteiger partial charge in [0, 0.05) is 30.2 Å². The van der Waals surface area contributed by atoms with Crippen LogP contribution < -0.4 is 11.1 Å². The van der Waals surface area contributed by atoms with Crippen LogP contribution in [0.15, 0.2) is 24.3 Å². The van der Waals surface area contributed by atoms with E-state index in [1.54, 1.807) is 0 Å². The van der Waals surface area contributed by atoms with Crippen molar-refractivity contribution in [2.75, 3.05) is 37.7 Å². The minimum Gasteiger partial charge on any atom is -0.384 e. The Labute approximate surface area is 196 Å². The van der Waals surface area contributed by atoms with E-state index in [0.717, 1.165) is 30.1 Å². The number of aromatic nitrogens is 1. The zero-order chi connectivity index (χ0) is 23.0. The van der Waals surface area contributed by atoms with E-state index in [1.165, 1.54) is 81.8 Å². The van der Waals surface area contributed by atoms with Crippen molar-refractivity contribution in [2.45, 2.75) is 85.0 Å². The number of nitrogen functional groups attached to an aromatic ring is 1. The van der Waals surface area contributed by atoms with Crippen LogP contribution in [0.1, 0.15) is 84.1 Å². The average Bonchev–Trinajstić information content (AvgIpc) is 3.53. The molecule has 1 aliphatic rings. The highest BCUT2D eigenvalue weighted by Gasteiger charge is 2.30. The average molecular weight is 439 g/mol. The number of nitrogens with zero attached hydrogens (tertiary/aromatic N) is 2. The molecule has 0 aliphatic heterocycles. The van der Waals surface area contributed by atoms with Crippen LogP contribution in [0.4, 0.5) is 11.5 Å². The molecule has 0 unspecified atom stereocenters. The first-order valence-corrected chi connectivity index (χ1v) is 13.0. The molecular weight excluding hydrogens is 392 g/mol. The maximum absolute atomic E-state index is 6.09. The number of hydrogen-bond acceptors (Lipinski definition) is 4. The van der Waals surface area contributed by atoms with Gasteiger partial charge in [-0.2, -0.15) is 0 Å². The molecule has 1 aromatic heterocycles. The third-order valence-electron chi connectivity index (χ3n) is 6.73. The lowest BCUT2D eigenvalue weighted by atomic mass is 9.86. The smallest absolute Gasteiger partial charge is 0.126 e. The molecule has 1 fully saturated rings. The second-order valence-electron chi connectivity index (χ2n) is 10.9. The fraction of sp³-hybridized carbons (Fsp3) is 0.679. The highest BCUT2D eigenvalue weighted by molar-refractivity contribution is 5.93. The van der Waals surface area contributed by atoms with Crippen LogP contribution in [0, 0.1) is 11.3 Å². The van der Waals surface area contributed by atoms with Crippen molar-refractivity contribution in [2.24, 2.45) is 11.3 Å². The summed E-state index contributed by atoms with van der Waals surface area (Å²) >= 11 is 0. The van der Waals surface area contributed by atoms with Gasteiger partial charge in [-0.25, -0.2) is 4.98 Å². The Hall–Kier alpha value is -1.81. The molecular formula is C28H46N4. The quantitative estimate of drug-likeness (QED) is 0.297. The van der Waals surface area contributed by atoms with Gasteiger partial charge in [-0.3, -0.25) is 0 Å². The van der Waals surface area contributed by atoms with Gasteiger partial charge in [-0.15, -0.1) is 0 Å². The van der Waals surface area contributed by atoms with Crippen molar-refractivity contribution in [3.8, 4) is 0 Å². The molecule has 32 heavy (non-hydrogen) atoms. The molecule has 0 radical (unpaired) electrons. The topological polar surface area (TPSA) is 54.2 Å². The Kier molecular flexibility index (Phi) is 9.22. The molecule has 0 spiro atoms. The molecule has 2 aromatic rings. The van der Waals surface area contributed by atoms with Gasteiger partial charge in [0.05, 0.1) is 5.52 Å². The van der Waals surface area contributed by atoms with Crippen LogP contribution in [0.5, 0.6) is 0 Å². The van der Waals surface area contributed by atoms with Gasteiger partial charge in [0.25, 0.3) is 0 Å². The molecule has 0 amide bonds. The van der Waals surface area contributed by atoms with Crippen molar-refractivity contribution in [1.82, 2.24) is 9.88 Å². The summed E-state index contributed by atoms with van der Waals surface area (Å²) in [5, 5.41) is 4.73. The fourth-order valence-corrected chi connectivity index (χ4v) is 5.06. The van der Waals surface area contributed by atoms with Gasteiger partial charge in [0.15, 0.2) is 0 Å². The van der Waals surface area contributed by atoms with Gasteiger partial charge < -0.3 is 16.0 Å². The molecule has 178 valence electrons. The van der Waals surface area contributed by atoms with Crippen LogP contribution in [-0.2, 0) is 6.42 Å². The molecule has 0 bridgehead atoms. The molecule has 3 N–H and O–H groups in total. The largest absolute Gasteiger partial charge is 0.384 e. The Balaban J connectivity index is 1.42. The van der Waals surface area contributed by atoms with Crippen LogP contribution in [0.2, 0.25) is 0 Å². The van der Waals surface area contributed by atoms with Crippen LogP contribution in [0.25, 0.3) is 10.9 Å². The molecule has 4 nitrogen and oxygen atoms in total. The fourth-order valence-electron chi connectivity index (χ4n) is 5.06. The number of nitrogens with one attached hydrogen (secondary N) is 1. The number of nitrogens with two attached hydrogens (primary N) is 1. The van der Waals surface area contributed by atoms with E-state index in [0.29, 0.717) is 11.2 Å². The number of rotatable bonds is 15. The number of anilines is 2. The molecule has 4 heteroatoms. The molecule has 1 saturated carbocycles. The zero-order valence-electron chi connectivity index (χ0n) is 21.1. The lowest BCUT2D eigenvalue weighted by Gasteiger charge is -2.30. The van der Waals surface area contributed by atoms with Crippen molar-refractivity contribution in [3.63, 3.8) is 0 Å². The van der Waals surface area contributed by atoms with Crippen LogP contribution in [0.3, 0.4) is 0 Å². The molecule has 3 rings (SSSR count). The first-order valence-electron chi connectivity index (χ1n) is 13.0. The zero-order valence-corrected chi connectivity index (χ0v) is 21.1. The van der Waals surface area contributed by atoms with Crippen molar-refractivity contribution >= 4 is 22.4 Å². The lowest BCUT2D eigenvalue weighted by molar-refractivity contribution is 0.188. The number of benzene rings is 1. The SMILES string of the molecule is CCCCCNc1cc(N)nc2cc(CCCCCN(C)CC(C)(C)CC3CC3)ccc12. The van der Waals surface area contributed by atoms with Gasteiger partial charge in [0.2, 0.25) is 0 Å². The van der Waals surface area contributed by atoms with E-state index >= 15 is 0 Å². The predicted octanol–water partition coefficient (Wildman–Crippen LogP) is 6.89. The first-order chi connectivity index (χ1) is 15.4. The second kappa shape index (κ2) is 11.9. The van der Waals surface area contributed by atoms with Crippen LogP contribution >= 0.6 is 0 Å². The summed E-state index contributed by atoms with van der Waals surface area (Å²) in [7, 11) is 2.29. The van der Waals surface area contributed by atoms with E-state index in [-0.39, 0.29) is 0 Å². The maximum Gasteiger partial charge on any atom is 0.126 e. The number of pyridine rings is 1. The normalized spacial score (nSPS) is 14.4. The van der Waals surface area contributed by atoms with E-state index < -0.39 is 0 Å². The van der Waals surface area contributed by atoms with E-state index in [2.05, 4.69) is 61.2 Å². The Morgan fingerprint density at radius 3 is 2.66 bits per heavy atom. The third-order valence-corrected chi connectivity index (χ3v) is 6.73. The lowest BCUT2D eigenvalue weighted by Crippen LogP contribution is -2.32. The molecule has 0 atom stereocenters. The summed E-state index contributed by atoms with van der Waals surface area (Å²) in [5.74, 6) is 1.61. The Morgan fingerprint density at radius 1 is 1.09 bits per heavy atom. The highest BCUT2D eigenvalue weighted by Crippen LogP contribution is 2.40. The summed E-state index contributed by atoms with van der Waals surface area (Å²) in [5.41, 5.74) is 10.0.